The lowest BCUT2D eigenvalue weighted by atomic mass is 9.97. The summed E-state index contributed by atoms with van der Waals surface area (Å²) in [6, 6.07) is 9.76. The first-order chi connectivity index (χ1) is 14.5. The van der Waals surface area contributed by atoms with Crippen molar-refractivity contribution in [3.63, 3.8) is 0 Å². The number of para-hydroxylation sites is 2. The summed E-state index contributed by atoms with van der Waals surface area (Å²) in [6.45, 7) is 5.79. The molecule has 2 N–H and O–H groups in total. The van der Waals surface area contributed by atoms with Gasteiger partial charge in [-0.15, -0.1) is 0 Å². The van der Waals surface area contributed by atoms with Gasteiger partial charge in [0.25, 0.3) is 0 Å². The van der Waals surface area contributed by atoms with E-state index >= 15 is 0 Å². The molecule has 1 aromatic heterocycles. The van der Waals surface area contributed by atoms with Crippen molar-refractivity contribution in [3.8, 4) is 11.8 Å². The van der Waals surface area contributed by atoms with Crippen molar-refractivity contribution in [1.29, 1.82) is 5.26 Å². The standard InChI is InChI=1S/C22H24N6O2/c1-14-12-24-22(25-13-16-7-9-28(10-8-16)15(2)29)27-20(14)17(11-23)21-26-18-5-3-4-6-19(18)30-21/h3-6,12,16,26H,7-10,13H2,1-2H3,(H,24,25,27). The number of likely N-dealkylation sites (tertiary alicyclic amines) is 1. The van der Waals surface area contributed by atoms with E-state index in [-0.39, 0.29) is 5.91 Å². The van der Waals surface area contributed by atoms with Crippen molar-refractivity contribution < 1.29 is 9.53 Å². The summed E-state index contributed by atoms with van der Waals surface area (Å²) in [5, 5.41) is 16.2. The highest BCUT2D eigenvalue weighted by Gasteiger charge is 2.24. The average Bonchev–Trinajstić information content (AvgIpc) is 3.18. The highest BCUT2D eigenvalue weighted by atomic mass is 16.5. The number of anilines is 2. The van der Waals surface area contributed by atoms with E-state index in [1.54, 1.807) is 13.1 Å². The third kappa shape index (κ3) is 4.06. The van der Waals surface area contributed by atoms with Crippen molar-refractivity contribution in [2.75, 3.05) is 30.3 Å². The topological polar surface area (TPSA) is 103 Å². The van der Waals surface area contributed by atoms with Gasteiger partial charge in [0, 0.05) is 32.8 Å². The number of hydrogen-bond donors (Lipinski definition) is 2. The maximum atomic E-state index is 11.5. The number of benzene rings is 1. The number of rotatable bonds is 4. The molecule has 1 amide bonds. The van der Waals surface area contributed by atoms with Crippen LogP contribution in [0.5, 0.6) is 5.75 Å². The van der Waals surface area contributed by atoms with Gasteiger partial charge >= 0.3 is 0 Å². The normalized spacial score (nSPS) is 17.4. The molecule has 0 radical (unpaired) electrons. The molecular formula is C22H24N6O2. The Balaban J connectivity index is 1.48. The van der Waals surface area contributed by atoms with Gasteiger partial charge in [0.1, 0.15) is 11.6 Å². The van der Waals surface area contributed by atoms with Crippen LogP contribution < -0.4 is 15.4 Å². The molecule has 1 aromatic carbocycles. The van der Waals surface area contributed by atoms with Gasteiger partial charge in [0.15, 0.2) is 5.75 Å². The van der Waals surface area contributed by atoms with Crippen LogP contribution in [0.4, 0.5) is 11.6 Å². The first-order valence-corrected chi connectivity index (χ1v) is 10.1. The van der Waals surface area contributed by atoms with Crippen LogP contribution in [0.25, 0.3) is 5.57 Å². The van der Waals surface area contributed by atoms with E-state index in [4.69, 9.17) is 4.74 Å². The van der Waals surface area contributed by atoms with E-state index < -0.39 is 0 Å². The Bertz CT molecular complexity index is 1010. The largest absolute Gasteiger partial charge is 0.437 e. The van der Waals surface area contributed by atoms with Crippen LogP contribution in [-0.4, -0.2) is 40.4 Å². The fourth-order valence-corrected chi connectivity index (χ4v) is 3.71. The third-order valence-corrected chi connectivity index (χ3v) is 5.50. The minimum absolute atomic E-state index is 0.134. The monoisotopic (exact) mass is 404 g/mol. The van der Waals surface area contributed by atoms with Crippen molar-refractivity contribution in [2.24, 2.45) is 5.92 Å². The second kappa shape index (κ2) is 8.41. The smallest absolute Gasteiger partial charge is 0.223 e. The zero-order valence-corrected chi connectivity index (χ0v) is 17.1. The van der Waals surface area contributed by atoms with E-state index in [9.17, 15) is 10.1 Å². The van der Waals surface area contributed by atoms with Crippen molar-refractivity contribution in [3.05, 3.63) is 47.6 Å². The van der Waals surface area contributed by atoms with E-state index in [1.807, 2.05) is 36.1 Å². The van der Waals surface area contributed by atoms with Crippen molar-refractivity contribution in [1.82, 2.24) is 14.9 Å². The molecule has 0 aliphatic carbocycles. The van der Waals surface area contributed by atoms with E-state index in [0.717, 1.165) is 43.7 Å². The van der Waals surface area contributed by atoms with E-state index in [0.29, 0.717) is 34.8 Å². The molecule has 2 aliphatic heterocycles. The van der Waals surface area contributed by atoms with Gasteiger partial charge in [-0.3, -0.25) is 4.79 Å². The SMILES string of the molecule is CC(=O)N1CCC(CNc2ncc(C)c(C(C#N)=C3Nc4ccccc4O3)n2)CC1. The molecular weight excluding hydrogens is 380 g/mol. The molecule has 8 heteroatoms. The highest BCUT2D eigenvalue weighted by Crippen LogP contribution is 2.35. The van der Waals surface area contributed by atoms with Gasteiger partial charge in [0.05, 0.1) is 11.4 Å². The van der Waals surface area contributed by atoms with E-state index in [1.165, 1.54) is 0 Å². The molecule has 3 heterocycles. The van der Waals surface area contributed by atoms with Gasteiger partial charge < -0.3 is 20.3 Å². The van der Waals surface area contributed by atoms with Crippen LogP contribution in [0, 0.1) is 24.2 Å². The molecule has 154 valence electrons. The summed E-state index contributed by atoms with van der Waals surface area (Å²) >= 11 is 0. The summed E-state index contributed by atoms with van der Waals surface area (Å²) in [7, 11) is 0. The summed E-state index contributed by atoms with van der Waals surface area (Å²) < 4.78 is 5.83. The number of piperidine rings is 1. The molecule has 4 rings (SSSR count). The highest BCUT2D eigenvalue weighted by molar-refractivity contribution is 5.83. The molecule has 0 unspecified atom stereocenters. The number of nitriles is 1. The minimum Gasteiger partial charge on any atom is -0.437 e. The maximum absolute atomic E-state index is 11.5. The molecule has 30 heavy (non-hydrogen) atoms. The summed E-state index contributed by atoms with van der Waals surface area (Å²) in [4.78, 5) is 22.3. The fraction of sp³-hybridized carbons (Fsp3) is 0.364. The lowest BCUT2D eigenvalue weighted by Crippen LogP contribution is -2.38. The van der Waals surface area contributed by atoms with Crippen molar-refractivity contribution in [2.45, 2.75) is 26.7 Å². The molecule has 1 saturated heterocycles. The Labute approximate surface area is 175 Å². The Kier molecular flexibility index (Phi) is 5.53. The van der Waals surface area contributed by atoms with Gasteiger partial charge in [-0.2, -0.15) is 5.26 Å². The number of hydrogen-bond acceptors (Lipinski definition) is 7. The minimum atomic E-state index is 0.134. The number of allylic oxidation sites excluding steroid dienone is 1. The number of amides is 1. The zero-order valence-electron chi connectivity index (χ0n) is 17.1. The number of ether oxygens (including phenoxy) is 1. The molecule has 8 nitrogen and oxygen atoms in total. The van der Waals surface area contributed by atoms with Gasteiger partial charge in [0.2, 0.25) is 17.7 Å². The summed E-state index contributed by atoms with van der Waals surface area (Å²) in [5.41, 5.74) is 2.49. The van der Waals surface area contributed by atoms with Crippen LogP contribution in [0.1, 0.15) is 31.0 Å². The number of nitrogens with one attached hydrogen (secondary N) is 2. The Morgan fingerprint density at radius 2 is 2.13 bits per heavy atom. The quantitative estimate of drug-likeness (QED) is 0.755. The Hall–Kier alpha value is -3.60. The molecule has 0 spiro atoms. The number of carbonyl (C=O) groups excluding carboxylic acids is 1. The average molecular weight is 404 g/mol. The van der Waals surface area contributed by atoms with Crippen LogP contribution in [-0.2, 0) is 4.79 Å². The van der Waals surface area contributed by atoms with Crippen molar-refractivity contribution >= 4 is 23.1 Å². The zero-order chi connectivity index (χ0) is 21.1. The van der Waals surface area contributed by atoms with Crippen LogP contribution >= 0.6 is 0 Å². The molecule has 2 aromatic rings. The Morgan fingerprint density at radius 3 is 2.83 bits per heavy atom. The second-order valence-corrected chi connectivity index (χ2v) is 7.59. The third-order valence-electron chi connectivity index (χ3n) is 5.50. The first-order valence-electron chi connectivity index (χ1n) is 10.1. The van der Waals surface area contributed by atoms with Gasteiger partial charge in [-0.05, 0) is 43.4 Å². The fourth-order valence-electron chi connectivity index (χ4n) is 3.71. The number of nitrogens with zero attached hydrogens (tertiary/aromatic N) is 4. The summed E-state index contributed by atoms with van der Waals surface area (Å²) in [5.74, 6) is 2.13. The molecule has 0 saturated carbocycles. The van der Waals surface area contributed by atoms with Crippen LogP contribution in [0.2, 0.25) is 0 Å². The number of aryl methyl sites for hydroxylation is 1. The van der Waals surface area contributed by atoms with Crippen LogP contribution in [0.15, 0.2) is 36.3 Å². The molecule has 1 fully saturated rings. The number of aromatic nitrogens is 2. The molecule has 0 atom stereocenters. The van der Waals surface area contributed by atoms with E-state index in [2.05, 4.69) is 26.7 Å². The van der Waals surface area contributed by atoms with Crippen LogP contribution in [0.3, 0.4) is 0 Å². The molecule has 0 bridgehead atoms. The maximum Gasteiger partial charge on any atom is 0.223 e. The van der Waals surface area contributed by atoms with Gasteiger partial charge in [-0.25, -0.2) is 9.97 Å². The first kappa shape index (κ1) is 19.7. The summed E-state index contributed by atoms with van der Waals surface area (Å²) in [6.07, 6.45) is 3.62. The number of carbonyl (C=O) groups is 1. The predicted molar refractivity (Wildman–Crippen MR) is 113 cm³/mol. The van der Waals surface area contributed by atoms with Gasteiger partial charge in [-0.1, -0.05) is 12.1 Å². The Morgan fingerprint density at radius 1 is 1.37 bits per heavy atom. The number of fused-ring (bicyclic) bond motifs is 1. The second-order valence-electron chi connectivity index (χ2n) is 7.59. The predicted octanol–water partition coefficient (Wildman–Crippen LogP) is 3.15. The lowest BCUT2D eigenvalue weighted by Gasteiger charge is -2.31. The lowest BCUT2D eigenvalue weighted by molar-refractivity contribution is -0.130. The molecule has 2 aliphatic rings.